The smallest absolute Gasteiger partial charge is 0.264 e. The van der Waals surface area contributed by atoms with Crippen molar-refractivity contribution in [1.82, 2.24) is 10.2 Å². The number of nitrogens with one attached hydrogen (secondary N) is 1. The Labute approximate surface area is 230 Å². The fraction of sp³-hybridized carbons (Fsp3) is 0.333. The molecule has 2 amide bonds. The first-order chi connectivity index (χ1) is 18.4. The van der Waals surface area contributed by atoms with Gasteiger partial charge in [-0.2, -0.15) is 0 Å². The molecule has 1 N–H and O–H groups in total. The molecule has 0 aromatic heterocycles. The number of anilines is 1. The first-order valence-electron chi connectivity index (χ1n) is 13.0. The molecule has 0 saturated heterocycles. The second kappa shape index (κ2) is 12.9. The number of hydrogen-bond acceptors (Lipinski definition) is 4. The standard InChI is InChI=1S/C30H36FN3O4S/c1-6-25-9-7-8-10-28(25)34(39(37,38)27-17-11-22(4)12-18-27)20-29(35)33(23(5)30(36)32-21(2)3)19-24-13-15-26(31)16-14-24/h7-18,21,23H,6,19-20H2,1-5H3,(H,32,36)/t23-/m0/s1. The molecule has 0 fully saturated rings. The van der Waals surface area contributed by atoms with Crippen LogP contribution in [0.25, 0.3) is 0 Å². The van der Waals surface area contributed by atoms with Crippen LogP contribution < -0.4 is 9.62 Å². The molecular weight excluding hydrogens is 517 g/mol. The van der Waals surface area contributed by atoms with Crippen molar-refractivity contribution in [1.29, 1.82) is 0 Å². The molecule has 0 heterocycles. The molecule has 0 aliphatic rings. The lowest BCUT2D eigenvalue weighted by Crippen LogP contribution is -2.52. The Hall–Kier alpha value is -3.72. The minimum absolute atomic E-state index is 0.000358. The molecule has 208 valence electrons. The van der Waals surface area contributed by atoms with Gasteiger partial charge in [-0.25, -0.2) is 12.8 Å². The highest BCUT2D eigenvalue weighted by atomic mass is 32.2. The number of para-hydroxylation sites is 1. The van der Waals surface area contributed by atoms with E-state index in [1.165, 1.54) is 41.3 Å². The maximum atomic E-state index is 13.9. The van der Waals surface area contributed by atoms with Gasteiger partial charge in [-0.1, -0.05) is 55.0 Å². The summed E-state index contributed by atoms with van der Waals surface area (Å²) in [6.07, 6.45) is 0.552. The van der Waals surface area contributed by atoms with Gasteiger partial charge in [-0.3, -0.25) is 13.9 Å². The highest BCUT2D eigenvalue weighted by molar-refractivity contribution is 7.92. The topological polar surface area (TPSA) is 86.8 Å². The Morgan fingerprint density at radius 2 is 1.54 bits per heavy atom. The van der Waals surface area contributed by atoms with E-state index in [1.807, 2.05) is 39.8 Å². The lowest BCUT2D eigenvalue weighted by molar-refractivity contribution is -0.139. The Kier molecular flexibility index (Phi) is 9.86. The van der Waals surface area contributed by atoms with E-state index in [0.717, 1.165) is 15.4 Å². The van der Waals surface area contributed by atoms with Gasteiger partial charge in [0.25, 0.3) is 10.0 Å². The normalized spacial score (nSPS) is 12.2. The van der Waals surface area contributed by atoms with Gasteiger partial charge in [0.2, 0.25) is 11.8 Å². The molecule has 0 spiro atoms. The summed E-state index contributed by atoms with van der Waals surface area (Å²) in [6.45, 7) is 8.48. The third kappa shape index (κ3) is 7.44. The van der Waals surface area contributed by atoms with Crippen molar-refractivity contribution in [2.24, 2.45) is 0 Å². The highest BCUT2D eigenvalue weighted by Crippen LogP contribution is 2.28. The molecule has 0 radical (unpaired) electrons. The molecular formula is C30H36FN3O4S. The molecule has 7 nitrogen and oxygen atoms in total. The van der Waals surface area contributed by atoms with Crippen LogP contribution in [0.3, 0.4) is 0 Å². The molecule has 3 aromatic rings. The van der Waals surface area contributed by atoms with E-state index in [4.69, 9.17) is 0 Å². The zero-order chi connectivity index (χ0) is 28.7. The molecule has 0 saturated carbocycles. The number of sulfonamides is 1. The summed E-state index contributed by atoms with van der Waals surface area (Å²) in [6, 6.07) is 18.1. The third-order valence-corrected chi connectivity index (χ3v) is 8.17. The average molecular weight is 554 g/mol. The van der Waals surface area contributed by atoms with Crippen LogP contribution in [0.4, 0.5) is 10.1 Å². The third-order valence-electron chi connectivity index (χ3n) is 6.39. The maximum absolute atomic E-state index is 13.9. The van der Waals surface area contributed by atoms with Crippen molar-refractivity contribution < 1.29 is 22.4 Å². The van der Waals surface area contributed by atoms with Crippen molar-refractivity contribution in [3.05, 3.63) is 95.3 Å². The largest absolute Gasteiger partial charge is 0.352 e. The van der Waals surface area contributed by atoms with Gasteiger partial charge in [0.1, 0.15) is 18.4 Å². The number of carbonyl (C=O) groups is 2. The Morgan fingerprint density at radius 3 is 2.13 bits per heavy atom. The van der Waals surface area contributed by atoms with Gasteiger partial charge in [-0.05, 0) is 75.6 Å². The minimum Gasteiger partial charge on any atom is -0.352 e. The van der Waals surface area contributed by atoms with E-state index >= 15 is 0 Å². The average Bonchev–Trinajstić information content (AvgIpc) is 2.90. The van der Waals surface area contributed by atoms with Crippen LogP contribution >= 0.6 is 0 Å². The van der Waals surface area contributed by atoms with Crippen LogP contribution in [0.1, 0.15) is 44.4 Å². The van der Waals surface area contributed by atoms with Gasteiger partial charge < -0.3 is 10.2 Å². The summed E-state index contributed by atoms with van der Waals surface area (Å²) in [5, 5.41) is 2.81. The minimum atomic E-state index is -4.14. The number of rotatable bonds is 11. The van der Waals surface area contributed by atoms with E-state index in [2.05, 4.69) is 5.32 Å². The van der Waals surface area contributed by atoms with Crippen LogP contribution in [0.5, 0.6) is 0 Å². The van der Waals surface area contributed by atoms with Crippen molar-refractivity contribution >= 4 is 27.5 Å². The van der Waals surface area contributed by atoms with Crippen LogP contribution in [0, 0.1) is 12.7 Å². The first-order valence-corrected chi connectivity index (χ1v) is 14.4. The molecule has 9 heteroatoms. The summed E-state index contributed by atoms with van der Waals surface area (Å²) in [5.74, 6) is -1.36. The van der Waals surface area contributed by atoms with Crippen molar-refractivity contribution in [2.75, 3.05) is 10.8 Å². The summed E-state index contributed by atoms with van der Waals surface area (Å²) in [7, 11) is -4.14. The Morgan fingerprint density at radius 1 is 0.923 bits per heavy atom. The second-order valence-corrected chi connectivity index (χ2v) is 11.7. The molecule has 1 atom stereocenters. The lowest BCUT2D eigenvalue weighted by atomic mass is 10.1. The van der Waals surface area contributed by atoms with Crippen LogP contribution in [0.15, 0.2) is 77.7 Å². The molecule has 39 heavy (non-hydrogen) atoms. The first kappa shape index (κ1) is 29.8. The monoisotopic (exact) mass is 553 g/mol. The van der Waals surface area contributed by atoms with Crippen LogP contribution in [-0.2, 0) is 32.6 Å². The summed E-state index contributed by atoms with van der Waals surface area (Å²) in [4.78, 5) is 28.3. The fourth-order valence-corrected chi connectivity index (χ4v) is 5.63. The molecule has 0 aliphatic heterocycles. The van der Waals surface area contributed by atoms with Gasteiger partial charge >= 0.3 is 0 Å². The highest BCUT2D eigenvalue weighted by Gasteiger charge is 2.33. The van der Waals surface area contributed by atoms with E-state index < -0.39 is 34.3 Å². The fourth-order valence-electron chi connectivity index (χ4n) is 4.18. The van der Waals surface area contributed by atoms with Gasteiger partial charge in [0, 0.05) is 12.6 Å². The number of benzene rings is 3. The molecule has 0 bridgehead atoms. The van der Waals surface area contributed by atoms with Crippen molar-refractivity contribution in [2.45, 2.75) is 64.6 Å². The predicted molar refractivity (Wildman–Crippen MR) is 151 cm³/mol. The SMILES string of the molecule is CCc1ccccc1N(CC(=O)N(Cc1ccc(F)cc1)[C@@H](C)C(=O)NC(C)C)S(=O)(=O)c1ccc(C)cc1. The van der Waals surface area contributed by atoms with Gasteiger partial charge in [-0.15, -0.1) is 0 Å². The van der Waals surface area contributed by atoms with Crippen LogP contribution in [-0.4, -0.2) is 43.8 Å². The lowest BCUT2D eigenvalue weighted by Gasteiger charge is -2.33. The maximum Gasteiger partial charge on any atom is 0.264 e. The summed E-state index contributed by atoms with van der Waals surface area (Å²) >= 11 is 0. The van der Waals surface area contributed by atoms with Gasteiger partial charge in [0.15, 0.2) is 0 Å². The van der Waals surface area contributed by atoms with Gasteiger partial charge in [0.05, 0.1) is 10.6 Å². The zero-order valence-corrected chi connectivity index (χ0v) is 23.8. The number of hydrogen-bond donors (Lipinski definition) is 1. The summed E-state index contributed by atoms with van der Waals surface area (Å²) in [5.41, 5.74) is 2.67. The number of halogens is 1. The van der Waals surface area contributed by atoms with E-state index in [0.29, 0.717) is 17.7 Å². The van der Waals surface area contributed by atoms with E-state index in [9.17, 15) is 22.4 Å². The van der Waals surface area contributed by atoms with Crippen molar-refractivity contribution in [3.8, 4) is 0 Å². The number of nitrogens with zero attached hydrogens (tertiary/aromatic N) is 2. The molecule has 0 unspecified atom stereocenters. The summed E-state index contributed by atoms with van der Waals surface area (Å²) < 4.78 is 42.6. The van der Waals surface area contributed by atoms with E-state index in [-0.39, 0.29) is 23.4 Å². The molecule has 3 aromatic carbocycles. The van der Waals surface area contributed by atoms with E-state index in [1.54, 1.807) is 31.2 Å². The predicted octanol–water partition coefficient (Wildman–Crippen LogP) is 4.83. The molecule has 3 rings (SSSR count). The number of amides is 2. The Bertz CT molecular complexity index is 1390. The molecule has 0 aliphatic carbocycles. The Balaban J connectivity index is 2.06. The van der Waals surface area contributed by atoms with Crippen LogP contribution in [0.2, 0.25) is 0 Å². The number of aryl methyl sites for hydroxylation is 2. The number of carbonyl (C=O) groups excluding carboxylic acids is 2. The zero-order valence-electron chi connectivity index (χ0n) is 23.0. The second-order valence-electron chi connectivity index (χ2n) is 9.79. The van der Waals surface area contributed by atoms with Crippen molar-refractivity contribution in [3.63, 3.8) is 0 Å². The quantitative estimate of drug-likeness (QED) is 0.368.